The van der Waals surface area contributed by atoms with Crippen LogP contribution in [0, 0.1) is 3.57 Å². The number of hydrogen-bond donors (Lipinski definition) is 0. The molecular weight excluding hydrogens is 427 g/mol. The minimum Gasteiger partial charge on any atom is -0.493 e. The largest absolute Gasteiger partial charge is 0.493 e. The Kier molecular flexibility index (Phi) is 5.64. The molecule has 1 fully saturated rings. The van der Waals surface area contributed by atoms with Crippen molar-refractivity contribution in [1.29, 1.82) is 0 Å². The van der Waals surface area contributed by atoms with E-state index in [-0.39, 0.29) is 5.91 Å². The van der Waals surface area contributed by atoms with E-state index in [4.69, 9.17) is 21.7 Å². The molecule has 0 unspecified atom stereocenters. The van der Waals surface area contributed by atoms with Gasteiger partial charge in [-0.1, -0.05) is 12.7 Å². The zero-order valence-corrected chi connectivity index (χ0v) is 16.1. The minimum atomic E-state index is -0.126. The normalized spacial score (nSPS) is 16.3. The summed E-state index contributed by atoms with van der Waals surface area (Å²) in [5.41, 5.74) is 1.36. The number of carbonyl (C=O) groups is 1. The first kappa shape index (κ1) is 17.7. The van der Waals surface area contributed by atoms with Gasteiger partial charge in [-0.2, -0.15) is 0 Å². The van der Waals surface area contributed by atoms with Crippen LogP contribution in [0.4, 0.5) is 0 Å². The zero-order valence-electron chi connectivity index (χ0n) is 13.1. The molecule has 7 heteroatoms. The van der Waals surface area contributed by atoms with Gasteiger partial charge in [0, 0.05) is 14.1 Å². The molecule has 5 nitrogen and oxygen atoms in total. The molecule has 1 aliphatic rings. The smallest absolute Gasteiger partial charge is 0.276 e. The molecule has 0 aliphatic carbocycles. The second-order valence-electron chi connectivity index (χ2n) is 4.87. The molecule has 1 aromatic rings. The molecule has 1 saturated heterocycles. The molecule has 122 valence electrons. The fourth-order valence-electron chi connectivity index (χ4n) is 2.15. The number of carbonyl (C=O) groups excluding carboxylic acids is 1. The van der Waals surface area contributed by atoms with Crippen molar-refractivity contribution in [2.45, 2.75) is 0 Å². The van der Waals surface area contributed by atoms with Crippen molar-refractivity contribution in [3.05, 3.63) is 39.6 Å². The SMILES string of the molecule is C=CCOc1c(I)cc(C=C2C(=O)N(C)C(=S)N2C)cc1OC. The van der Waals surface area contributed by atoms with Crippen molar-refractivity contribution in [2.75, 3.05) is 27.8 Å². The monoisotopic (exact) mass is 444 g/mol. The number of hydrogen-bond acceptors (Lipinski definition) is 4. The maximum atomic E-state index is 12.2. The first-order valence-corrected chi connectivity index (χ1v) is 8.28. The standard InChI is InChI=1S/C16H17IN2O3S/c1-5-6-22-14-11(17)7-10(9-13(14)21-4)8-12-15(20)19(3)16(23)18(12)2/h5,7-9H,1,6H2,2-4H3. The second kappa shape index (κ2) is 7.31. The number of nitrogens with zero attached hydrogens (tertiary/aromatic N) is 2. The molecule has 0 spiro atoms. The highest BCUT2D eigenvalue weighted by molar-refractivity contribution is 14.1. The number of benzene rings is 1. The van der Waals surface area contributed by atoms with Crippen LogP contribution >= 0.6 is 34.8 Å². The first-order valence-electron chi connectivity index (χ1n) is 6.79. The third kappa shape index (κ3) is 3.50. The van der Waals surface area contributed by atoms with Crippen LogP contribution in [0.2, 0.25) is 0 Å². The molecule has 1 heterocycles. The average molecular weight is 444 g/mol. The Hall–Kier alpha value is -1.61. The summed E-state index contributed by atoms with van der Waals surface area (Å²) in [5.74, 6) is 1.14. The molecule has 1 aromatic carbocycles. The van der Waals surface area contributed by atoms with Crippen molar-refractivity contribution in [1.82, 2.24) is 9.80 Å². The Bertz CT molecular complexity index is 703. The summed E-state index contributed by atoms with van der Waals surface area (Å²) in [5, 5.41) is 0.480. The van der Waals surface area contributed by atoms with Crippen LogP contribution in [0.1, 0.15) is 5.56 Å². The Balaban J connectivity index is 2.43. The van der Waals surface area contributed by atoms with Crippen molar-refractivity contribution < 1.29 is 14.3 Å². The number of ether oxygens (including phenoxy) is 2. The van der Waals surface area contributed by atoms with Gasteiger partial charge in [-0.25, -0.2) is 0 Å². The number of rotatable bonds is 5. The number of methoxy groups -OCH3 is 1. The highest BCUT2D eigenvalue weighted by Crippen LogP contribution is 2.35. The predicted molar refractivity (Wildman–Crippen MR) is 103 cm³/mol. The predicted octanol–water partition coefficient (Wildman–Crippen LogP) is 2.89. The number of halogens is 1. The van der Waals surface area contributed by atoms with Crippen LogP contribution in [0.5, 0.6) is 11.5 Å². The average Bonchev–Trinajstić information content (AvgIpc) is 2.71. The fourth-order valence-corrected chi connectivity index (χ4v) is 3.11. The van der Waals surface area contributed by atoms with E-state index in [1.807, 2.05) is 12.1 Å². The van der Waals surface area contributed by atoms with Gasteiger partial charge < -0.3 is 14.4 Å². The van der Waals surface area contributed by atoms with E-state index < -0.39 is 0 Å². The Morgan fingerprint density at radius 1 is 1.35 bits per heavy atom. The van der Waals surface area contributed by atoms with Gasteiger partial charge in [0.05, 0.1) is 10.7 Å². The van der Waals surface area contributed by atoms with Crippen LogP contribution in [0.3, 0.4) is 0 Å². The Labute approximate surface area is 154 Å². The Morgan fingerprint density at radius 3 is 2.57 bits per heavy atom. The fraction of sp³-hybridized carbons (Fsp3) is 0.250. The maximum absolute atomic E-state index is 12.2. The summed E-state index contributed by atoms with van der Waals surface area (Å²) in [6.07, 6.45) is 3.47. The van der Waals surface area contributed by atoms with Crippen molar-refractivity contribution >= 4 is 51.9 Å². The molecule has 1 aliphatic heterocycles. The number of likely N-dealkylation sites (N-methyl/N-ethyl adjacent to an activating group) is 2. The minimum absolute atomic E-state index is 0.126. The topological polar surface area (TPSA) is 42.0 Å². The third-order valence-corrected chi connectivity index (χ3v) is 4.71. The summed E-state index contributed by atoms with van der Waals surface area (Å²) in [4.78, 5) is 15.4. The summed E-state index contributed by atoms with van der Waals surface area (Å²) in [6.45, 7) is 4.04. The van der Waals surface area contributed by atoms with E-state index in [1.165, 1.54) is 4.90 Å². The van der Waals surface area contributed by atoms with Crippen LogP contribution in [-0.2, 0) is 4.79 Å². The van der Waals surface area contributed by atoms with E-state index in [0.29, 0.717) is 28.9 Å². The summed E-state index contributed by atoms with van der Waals surface area (Å²) < 4.78 is 11.9. The molecular formula is C16H17IN2O3S. The van der Waals surface area contributed by atoms with Crippen LogP contribution in [0.15, 0.2) is 30.5 Å². The van der Waals surface area contributed by atoms with E-state index in [0.717, 1.165) is 9.13 Å². The Morgan fingerprint density at radius 2 is 2.04 bits per heavy atom. The quantitative estimate of drug-likeness (QED) is 0.303. The maximum Gasteiger partial charge on any atom is 0.276 e. The van der Waals surface area contributed by atoms with Gasteiger partial charge >= 0.3 is 0 Å². The molecule has 1 amide bonds. The molecule has 0 bridgehead atoms. The van der Waals surface area contributed by atoms with Gasteiger partial charge in [-0.05, 0) is 58.6 Å². The summed E-state index contributed by atoms with van der Waals surface area (Å²) in [6, 6.07) is 3.76. The summed E-state index contributed by atoms with van der Waals surface area (Å²) in [7, 11) is 5.02. The van der Waals surface area contributed by atoms with Gasteiger partial charge in [0.1, 0.15) is 12.3 Å². The lowest BCUT2D eigenvalue weighted by Crippen LogP contribution is -2.26. The van der Waals surface area contributed by atoms with Gasteiger partial charge in [-0.15, -0.1) is 0 Å². The molecule has 23 heavy (non-hydrogen) atoms. The van der Waals surface area contributed by atoms with Crippen LogP contribution in [0.25, 0.3) is 6.08 Å². The van der Waals surface area contributed by atoms with Crippen molar-refractivity contribution in [2.24, 2.45) is 0 Å². The van der Waals surface area contributed by atoms with Gasteiger partial charge in [0.2, 0.25) is 0 Å². The van der Waals surface area contributed by atoms with Crippen LogP contribution in [-0.4, -0.2) is 48.6 Å². The van der Waals surface area contributed by atoms with Gasteiger partial charge in [0.15, 0.2) is 16.6 Å². The van der Waals surface area contributed by atoms with Crippen molar-refractivity contribution in [3.63, 3.8) is 0 Å². The highest BCUT2D eigenvalue weighted by Gasteiger charge is 2.32. The van der Waals surface area contributed by atoms with Crippen LogP contribution < -0.4 is 9.47 Å². The summed E-state index contributed by atoms with van der Waals surface area (Å²) >= 11 is 7.39. The molecule has 0 N–H and O–H groups in total. The molecule has 0 radical (unpaired) electrons. The number of amides is 1. The van der Waals surface area contributed by atoms with Crippen molar-refractivity contribution in [3.8, 4) is 11.5 Å². The second-order valence-corrected chi connectivity index (χ2v) is 6.40. The molecule has 2 rings (SSSR count). The lowest BCUT2D eigenvalue weighted by atomic mass is 10.1. The zero-order chi connectivity index (χ0) is 17.1. The van der Waals surface area contributed by atoms with Gasteiger partial charge in [-0.3, -0.25) is 9.69 Å². The highest BCUT2D eigenvalue weighted by atomic mass is 127. The van der Waals surface area contributed by atoms with Gasteiger partial charge in [0.25, 0.3) is 5.91 Å². The first-order chi connectivity index (χ1) is 10.9. The lowest BCUT2D eigenvalue weighted by Gasteiger charge is -2.13. The van der Waals surface area contributed by atoms with E-state index in [9.17, 15) is 4.79 Å². The number of thiocarbonyl (C=S) groups is 1. The van der Waals surface area contributed by atoms with E-state index in [2.05, 4.69) is 29.2 Å². The molecule has 0 saturated carbocycles. The van der Waals surface area contributed by atoms with E-state index in [1.54, 1.807) is 38.3 Å². The lowest BCUT2D eigenvalue weighted by molar-refractivity contribution is -0.121. The third-order valence-electron chi connectivity index (χ3n) is 3.36. The molecule has 0 atom stereocenters. The molecule has 0 aromatic heterocycles. The van der Waals surface area contributed by atoms with E-state index >= 15 is 0 Å².